The van der Waals surface area contributed by atoms with E-state index >= 15 is 0 Å². The van der Waals surface area contributed by atoms with Crippen molar-refractivity contribution in [2.45, 2.75) is 33.2 Å². The van der Waals surface area contributed by atoms with E-state index in [-0.39, 0.29) is 12.5 Å². The maximum absolute atomic E-state index is 12.1. The van der Waals surface area contributed by atoms with Gasteiger partial charge in [0.15, 0.2) is 6.61 Å². The van der Waals surface area contributed by atoms with E-state index in [1.165, 1.54) is 11.1 Å². The molecule has 1 N–H and O–H groups in total. The van der Waals surface area contributed by atoms with E-state index in [0.717, 1.165) is 35.4 Å². The maximum Gasteiger partial charge on any atom is 0.257 e. The molecule has 0 radical (unpaired) electrons. The van der Waals surface area contributed by atoms with Crippen molar-refractivity contribution in [3.05, 3.63) is 88.7 Å². The van der Waals surface area contributed by atoms with Crippen LogP contribution in [-0.2, 0) is 17.8 Å². The highest BCUT2D eigenvalue weighted by atomic mass is 35.5. The molecule has 7 heteroatoms. The summed E-state index contributed by atoms with van der Waals surface area (Å²) in [5.41, 5.74) is 4.44. The van der Waals surface area contributed by atoms with Gasteiger partial charge in [0.25, 0.3) is 5.91 Å². The fourth-order valence-electron chi connectivity index (χ4n) is 3.90. The number of para-hydroxylation sites is 2. The number of aromatic nitrogens is 2. The summed E-state index contributed by atoms with van der Waals surface area (Å²) in [7, 11) is 0. The maximum atomic E-state index is 12.1. The van der Waals surface area contributed by atoms with Crippen molar-refractivity contribution in [1.29, 1.82) is 0 Å². The average Bonchev–Trinajstić information content (AvgIpc) is 3.21. The van der Waals surface area contributed by atoms with Crippen LogP contribution in [0.15, 0.2) is 66.7 Å². The Balaban J connectivity index is 1.29. The van der Waals surface area contributed by atoms with Crippen molar-refractivity contribution < 1.29 is 14.3 Å². The van der Waals surface area contributed by atoms with E-state index in [0.29, 0.717) is 30.5 Å². The van der Waals surface area contributed by atoms with Crippen LogP contribution in [0.1, 0.15) is 23.4 Å². The van der Waals surface area contributed by atoms with E-state index in [9.17, 15) is 4.79 Å². The van der Waals surface area contributed by atoms with Crippen molar-refractivity contribution in [2.75, 3.05) is 19.8 Å². The second-order valence-corrected chi connectivity index (χ2v) is 8.85. The number of fused-ring (bicyclic) bond motifs is 1. The molecular weight excluding hydrogens is 462 g/mol. The number of halogens is 1. The zero-order chi connectivity index (χ0) is 24.6. The summed E-state index contributed by atoms with van der Waals surface area (Å²) >= 11 is 5.87. The lowest BCUT2D eigenvalue weighted by molar-refractivity contribution is -0.123. The molecule has 35 heavy (non-hydrogen) atoms. The number of benzene rings is 3. The number of nitrogens with one attached hydrogen (secondary N) is 1. The third-order valence-corrected chi connectivity index (χ3v) is 6.20. The summed E-state index contributed by atoms with van der Waals surface area (Å²) in [6.07, 6.45) is 1.52. The second-order valence-electron chi connectivity index (χ2n) is 8.41. The zero-order valence-corrected chi connectivity index (χ0v) is 20.8. The minimum atomic E-state index is -0.157. The second kappa shape index (κ2) is 11.8. The number of nitrogens with zero attached hydrogens (tertiary/aromatic N) is 2. The Labute approximate surface area is 210 Å². The molecule has 4 aromatic rings. The predicted molar refractivity (Wildman–Crippen MR) is 139 cm³/mol. The molecule has 6 nitrogen and oxygen atoms in total. The van der Waals surface area contributed by atoms with E-state index in [4.69, 9.17) is 26.1 Å². The number of ether oxygens (including phenoxy) is 2. The molecule has 0 saturated heterocycles. The quantitative estimate of drug-likeness (QED) is 0.281. The van der Waals surface area contributed by atoms with Crippen LogP contribution in [0.5, 0.6) is 11.5 Å². The summed E-state index contributed by atoms with van der Waals surface area (Å²) in [6.45, 7) is 5.94. The number of hydrogen-bond donors (Lipinski definition) is 1. The molecule has 0 aliphatic heterocycles. The molecule has 1 heterocycles. The van der Waals surface area contributed by atoms with Crippen LogP contribution in [0.4, 0.5) is 0 Å². The minimum absolute atomic E-state index is 0.0319. The van der Waals surface area contributed by atoms with Crippen molar-refractivity contribution in [1.82, 2.24) is 14.9 Å². The standard InChI is InChI=1S/C28H30ClN3O3/c1-20-7-5-10-26(21(20)2)34-18-17-32-25-9-4-3-8-24(25)31-27(32)11-6-16-30-28(33)19-35-23-14-12-22(29)13-15-23/h3-5,7-10,12-15H,6,11,16-19H2,1-2H3,(H,30,33). The Hall–Kier alpha value is -3.51. The fraction of sp³-hybridized carbons (Fsp3) is 0.286. The van der Waals surface area contributed by atoms with Crippen LogP contribution in [0.3, 0.4) is 0 Å². The number of carbonyl (C=O) groups is 1. The van der Waals surface area contributed by atoms with Crippen LogP contribution >= 0.6 is 11.6 Å². The van der Waals surface area contributed by atoms with Gasteiger partial charge in [-0.3, -0.25) is 4.79 Å². The van der Waals surface area contributed by atoms with Crippen LogP contribution in [0, 0.1) is 13.8 Å². The summed E-state index contributed by atoms with van der Waals surface area (Å²) in [5, 5.41) is 3.54. The lowest BCUT2D eigenvalue weighted by Gasteiger charge is -2.13. The Bertz CT molecular complexity index is 1280. The molecule has 3 aromatic carbocycles. The highest BCUT2D eigenvalue weighted by molar-refractivity contribution is 6.30. The smallest absolute Gasteiger partial charge is 0.257 e. The molecule has 0 aliphatic carbocycles. The van der Waals surface area contributed by atoms with Crippen molar-refractivity contribution in [3.63, 3.8) is 0 Å². The minimum Gasteiger partial charge on any atom is -0.491 e. The molecular formula is C28H30ClN3O3. The van der Waals surface area contributed by atoms with Gasteiger partial charge in [-0.1, -0.05) is 35.9 Å². The molecule has 4 rings (SSSR count). The van der Waals surface area contributed by atoms with E-state index < -0.39 is 0 Å². The molecule has 0 spiro atoms. The summed E-state index contributed by atoms with van der Waals surface area (Å²) in [4.78, 5) is 17.0. The number of aryl methyl sites for hydroxylation is 2. The molecule has 0 bridgehead atoms. The van der Waals surface area contributed by atoms with Gasteiger partial charge in [-0.15, -0.1) is 0 Å². The van der Waals surface area contributed by atoms with Gasteiger partial charge in [0, 0.05) is 18.0 Å². The Kier molecular flexibility index (Phi) is 8.27. The molecule has 182 valence electrons. The molecule has 1 aromatic heterocycles. The summed E-state index contributed by atoms with van der Waals surface area (Å²) in [5.74, 6) is 2.36. The van der Waals surface area contributed by atoms with Gasteiger partial charge in [0.1, 0.15) is 23.9 Å². The molecule has 0 aliphatic rings. The number of carbonyl (C=O) groups excluding carboxylic acids is 1. The number of imidazole rings is 1. The third kappa shape index (κ3) is 6.55. The third-order valence-electron chi connectivity index (χ3n) is 5.94. The van der Waals surface area contributed by atoms with Gasteiger partial charge < -0.3 is 19.4 Å². The molecule has 0 atom stereocenters. The van der Waals surface area contributed by atoms with Crippen LogP contribution < -0.4 is 14.8 Å². The van der Waals surface area contributed by atoms with Gasteiger partial charge >= 0.3 is 0 Å². The monoisotopic (exact) mass is 491 g/mol. The number of rotatable bonds is 11. The first kappa shape index (κ1) is 24.6. The van der Waals surface area contributed by atoms with Crippen molar-refractivity contribution in [2.24, 2.45) is 0 Å². The van der Waals surface area contributed by atoms with Gasteiger partial charge in [-0.05, 0) is 73.9 Å². The van der Waals surface area contributed by atoms with Crippen LogP contribution in [0.2, 0.25) is 5.02 Å². The summed E-state index contributed by atoms with van der Waals surface area (Å²) in [6, 6.07) is 21.2. The Morgan fingerprint density at radius 2 is 1.80 bits per heavy atom. The molecule has 0 saturated carbocycles. The first-order valence-electron chi connectivity index (χ1n) is 11.8. The average molecular weight is 492 g/mol. The normalized spacial score (nSPS) is 10.9. The SMILES string of the molecule is Cc1cccc(OCCn2c(CCCNC(=O)COc3ccc(Cl)cc3)nc3ccccc32)c1C. The number of amides is 1. The highest BCUT2D eigenvalue weighted by Crippen LogP contribution is 2.22. The van der Waals surface area contributed by atoms with Gasteiger partial charge in [0.2, 0.25) is 0 Å². The van der Waals surface area contributed by atoms with E-state index in [1.54, 1.807) is 24.3 Å². The Morgan fingerprint density at radius 1 is 1.00 bits per heavy atom. The van der Waals surface area contributed by atoms with Crippen LogP contribution in [0.25, 0.3) is 11.0 Å². The topological polar surface area (TPSA) is 65.4 Å². The van der Waals surface area contributed by atoms with E-state index in [1.807, 2.05) is 30.3 Å². The lowest BCUT2D eigenvalue weighted by atomic mass is 10.1. The van der Waals surface area contributed by atoms with Crippen molar-refractivity contribution >= 4 is 28.5 Å². The molecule has 0 fully saturated rings. The summed E-state index contributed by atoms with van der Waals surface area (Å²) < 4.78 is 13.8. The lowest BCUT2D eigenvalue weighted by Crippen LogP contribution is -2.30. The number of hydrogen-bond acceptors (Lipinski definition) is 4. The van der Waals surface area contributed by atoms with Crippen molar-refractivity contribution in [3.8, 4) is 11.5 Å². The predicted octanol–water partition coefficient (Wildman–Crippen LogP) is 5.51. The van der Waals surface area contributed by atoms with E-state index in [2.05, 4.69) is 35.9 Å². The first-order valence-corrected chi connectivity index (χ1v) is 12.2. The van der Waals surface area contributed by atoms with Gasteiger partial charge in [-0.2, -0.15) is 0 Å². The first-order chi connectivity index (χ1) is 17.0. The molecule has 0 unspecified atom stereocenters. The van der Waals surface area contributed by atoms with Crippen LogP contribution in [-0.4, -0.2) is 35.2 Å². The zero-order valence-electron chi connectivity index (χ0n) is 20.1. The largest absolute Gasteiger partial charge is 0.491 e. The van der Waals surface area contributed by atoms with Gasteiger partial charge in [-0.25, -0.2) is 4.98 Å². The Morgan fingerprint density at radius 3 is 2.63 bits per heavy atom. The molecule has 1 amide bonds. The van der Waals surface area contributed by atoms with Gasteiger partial charge in [0.05, 0.1) is 17.6 Å². The fourth-order valence-corrected chi connectivity index (χ4v) is 4.02. The highest BCUT2D eigenvalue weighted by Gasteiger charge is 2.11.